The Hall–Kier alpha value is -1.07. The van der Waals surface area contributed by atoms with E-state index in [1.807, 2.05) is 11.8 Å². The summed E-state index contributed by atoms with van der Waals surface area (Å²) >= 11 is 0. The first-order chi connectivity index (χ1) is 7.70. The number of nitrogens with zero attached hydrogens (tertiary/aromatic N) is 2. The molecule has 1 aliphatic heterocycles. The van der Waals surface area contributed by atoms with Crippen molar-refractivity contribution >= 4 is 18.3 Å². The number of carbonyl (C=O) groups excluding carboxylic acids is 1. The van der Waals surface area contributed by atoms with Crippen LogP contribution in [-0.2, 0) is 0 Å². The molecule has 1 aromatic heterocycles. The molecule has 1 atom stereocenters. The van der Waals surface area contributed by atoms with Crippen LogP contribution in [0.15, 0.2) is 6.07 Å². The Morgan fingerprint density at radius 3 is 3.06 bits per heavy atom. The molecule has 3 N–H and O–H groups in total. The zero-order chi connectivity index (χ0) is 11.5. The first-order valence-electron chi connectivity index (χ1n) is 5.72. The number of amides is 1. The van der Waals surface area contributed by atoms with E-state index in [0.29, 0.717) is 18.2 Å². The van der Waals surface area contributed by atoms with Gasteiger partial charge in [-0.05, 0) is 38.3 Å². The van der Waals surface area contributed by atoms with Gasteiger partial charge in [0.15, 0.2) is 0 Å². The van der Waals surface area contributed by atoms with Gasteiger partial charge in [-0.25, -0.2) is 0 Å². The second kappa shape index (κ2) is 6.02. The molecule has 1 fully saturated rings. The summed E-state index contributed by atoms with van der Waals surface area (Å²) < 4.78 is 0. The molecule has 1 aromatic rings. The fourth-order valence-corrected chi connectivity index (χ4v) is 2.13. The molecule has 6 heteroatoms. The minimum atomic E-state index is 0. The molecule has 0 radical (unpaired) electrons. The molecule has 17 heavy (non-hydrogen) atoms. The largest absolute Gasteiger partial charge is 0.337 e. The lowest BCUT2D eigenvalue weighted by Crippen LogP contribution is -2.42. The van der Waals surface area contributed by atoms with Crippen LogP contribution in [0.3, 0.4) is 0 Å². The number of halogens is 1. The van der Waals surface area contributed by atoms with Gasteiger partial charge >= 0.3 is 0 Å². The van der Waals surface area contributed by atoms with Crippen LogP contribution in [0.4, 0.5) is 0 Å². The fraction of sp³-hybridized carbons (Fsp3) is 0.636. The standard InChI is InChI=1S/C11H18N4O.ClH/c1-8-5-10(14-13-8)11(16)15-4-2-3-9(6-12)7-15;/h5,9H,2-4,6-7,12H2,1H3,(H,13,14);1H. The lowest BCUT2D eigenvalue weighted by Gasteiger charge is -2.31. The van der Waals surface area contributed by atoms with E-state index in [4.69, 9.17) is 5.73 Å². The second-order valence-corrected chi connectivity index (χ2v) is 4.43. The Bertz CT molecular complexity index is 379. The number of rotatable bonds is 2. The van der Waals surface area contributed by atoms with E-state index in [0.717, 1.165) is 31.6 Å². The Labute approximate surface area is 107 Å². The molecular weight excluding hydrogens is 240 g/mol. The van der Waals surface area contributed by atoms with Gasteiger partial charge in [0.25, 0.3) is 5.91 Å². The maximum absolute atomic E-state index is 12.1. The lowest BCUT2D eigenvalue weighted by molar-refractivity contribution is 0.0672. The average molecular weight is 259 g/mol. The quantitative estimate of drug-likeness (QED) is 0.829. The highest BCUT2D eigenvalue weighted by Gasteiger charge is 2.24. The number of piperidine rings is 1. The van der Waals surface area contributed by atoms with E-state index in [9.17, 15) is 4.79 Å². The molecular formula is C11H19ClN4O. The number of H-pyrrole nitrogens is 1. The zero-order valence-electron chi connectivity index (χ0n) is 9.98. The maximum atomic E-state index is 12.1. The number of aromatic amines is 1. The van der Waals surface area contributed by atoms with Crippen molar-refractivity contribution < 1.29 is 4.79 Å². The van der Waals surface area contributed by atoms with Gasteiger partial charge in [-0.15, -0.1) is 12.4 Å². The van der Waals surface area contributed by atoms with Crippen LogP contribution in [0.2, 0.25) is 0 Å². The van der Waals surface area contributed by atoms with Crippen LogP contribution < -0.4 is 5.73 Å². The third-order valence-electron chi connectivity index (χ3n) is 3.06. The number of nitrogens with one attached hydrogen (secondary N) is 1. The van der Waals surface area contributed by atoms with Gasteiger partial charge in [0.05, 0.1) is 0 Å². The third-order valence-corrected chi connectivity index (χ3v) is 3.06. The summed E-state index contributed by atoms with van der Waals surface area (Å²) in [5.41, 5.74) is 7.07. The summed E-state index contributed by atoms with van der Waals surface area (Å²) in [4.78, 5) is 13.9. The summed E-state index contributed by atoms with van der Waals surface area (Å²) in [6, 6.07) is 1.79. The predicted molar refractivity (Wildman–Crippen MR) is 68.3 cm³/mol. The van der Waals surface area contributed by atoms with Gasteiger partial charge in [0, 0.05) is 18.8 Å². The topological polar surface area (TPSA) is 75.0 Å². The highest BCUT2D eigenvalue weighted by Crippen LogP contribution is 2.17. The van der Waals surface area contributed by atoms with E-state index in [1.54, 1.807) is 6.07 Å². The third kappa shape index (κ3) is 3.20. The van der Waals surface area contributed by atoms with Gasteiger partial charge in [0.1, 0.15) is 5.69 Å². The molecule has 1 aliphatic rings. The molecule has 0 aromatic carbocycles. The van der Waals surface area contributed by atoms with Gasteiger partial charge in [0.2, 0.25) is 0 Å². The number of hydrogen-bond acceptors (Lipinski definition) is 3. The van der Waals surface area contributed by atoms with E-state index < -0.39 is 0 Å². The Kier molecular flexibility index (Phi) is 4.96. The molecule has 96 valence electrons. The van der Waals surface area contributed by atoms with Crippen LogP contribution in [0.5, 0.6) is 0 Å². The van der Waals surface area contributed by atoms with E-state index in [1.165, 1.54) is 0 Å². The minimum Gasteiger partial charge on any atom is -0.337 e. The SMILES string of the molecule is Cc1cc(C(=O)N2CCCC(CN)C2)n[nH]1.Cl. The summed E-state index contributed by atoms with van der Waals surface area (Å²) in [7, 11) is 0. The van der Waals surface area contributed by atoms with Crippen LogP contribution >= 0.6 is 12.4 Å². The molecule has 1 unspecified atom stereocenters. The molecule has 0 aliphatic carbocycles. The summed E-state index contributed by atoms with van der Waals surface area (Å²) in [5.74, 6) is 0.459. The van der Waals surface area contributed by atoms with Crippen molar-refractivity contribution in [2.24, 2.45) is 11.7 Å². The van der Waals surface area contributed by atoms with Crippen molar-refractivity contribution in [3.63, 3.8) is 0 Å². The Balaban J connectivity index is 0.00000144. The fourth-order valence-electron chi connectivity index (χ4n) is 2.13. The van der Waals surface area contributed by atoms with Gasteiger partial charge in [-0.1, -0.05) is 0 Å². The normalized spacial score (nSPS) is 19.9. The van der Waals surface area contributed by atoms with Crippen LogP contribution in [0, 0.1) is 12.8 Å². The molecule has 2 heterocycles. The highest BCUT2D eigenvalue weighted by atomic mass is 35.5. The number of aromatic nitrogens is 2. The first-order valence-corrected chi connectivity index (χ1v) is 5.72. The summed E-state index contributed by atoms with van der Waals surface area (Å²) in [6.07, 6.45) is 2.16. The zero-order valence-corrected chi connectivity index (χ0v) is 10.8. The monoisotopic (exact) mass is 258 g/mol. The van der Waals surface area contributed by atoms with Gasteiger partial charge < -0.3 is 10.6 Å². The smallest absolute Gasteiger partial charge is 0.274 e. The Morgan fingerprint density at radius 2 is 2.47 bits per heavy atom. The molecule has 0 bridgehead atoms. The number of carbonyl (C=O) groups is 1. The van der Waals surface area contributed by atoms with Gasteiger partial charge in [-0.2, -0.15) is 5.10 Å². The molecule has 0 spiro atoms. The van der Waals surface area contributed by atoms with Crippen LogP contribution in [-0.4, -0.2) is 40.6 Å². The second-order valence-electron chi connectivity index (χ2n) is 4.43. The predicted octanol–water partition coefficient (Wildman–Crippen LogP) is 0.951. The summed E-state index contributed by atoms with van der Waals surface area (Å²) in [5, 5.41) is 6.79. The van der Waals surface area contributed by atoms with Crippen molar-refractivity contribution in [1.82, 2.24) is 15.1 Å². The number of likely N-dealkylation sites (tertiary alicyclic amines) is 1. The number of nitrogens with two attached hydrogens (primary N) is 1. The summed E-state index contributed by atoms with van der Waals surface area (Å²) in [6.45, 7) is 4.13. The molecule has 2 rings (SSSR count). The molecule has 1 saturated heterocycles. The maximum Gasteiger partial charge on any atom is 0.274 e. The van der Waals surface area contributed by atoms with Crippen molar-refractivity contribution in [3.8, 4) is 0 Å². The minimum absolute atomic E-state index is 0. The van der Waals surface area contributed by atoms with E-state index >= 15 is 0 Å². The van der Waals surface area contributed by atoms with Crippen molar-refractivity contribution in [3.05, 3.63) is 17.5 Å². The van der Waals surface area contributed by atoms with Crippen molar-refractivity contribution in [2.75, 3.05) is 19.6 Å². The number of hydrogen-bond donors (Lipinski definition) is 2. The van der Waals surface area contributed by atoms with Crippen LogP contribution in [0.25, 0.3) is 0 Å². The molecule has 0 saturated carbocycles. The number of aryl methyl sites for hydroxylation is 1. The van der Waals surface area contributed by atoms with Crippen LogP contribution in [0.1, 0.15) is 29.0 Å². The lowest BCUT2D eigenvalue weighted by atomic mass is 9.98. The highest BCUT2D eigenvalue weighted by molar-refractivity contribution is 5.92. The first kappa shape index (κ1) is 14.0. The Morgan fingerprint density at radius 1 is 1.71 bits per heavy atom. The molecule has 5 nitrogen and oxygen atoms in total. The van der Waals surface area contributed by atoms with Gasteiger partial charge in [-0.3, -0.25) is 9.89 Å². The van der Waals surface area contributed by atoms with Crippen molar-refractivity contribution in [1.29, 1.82) is 0 Å². The van der Waals surface area contributed by atoms with Crippen molar-refractivity contribution in [2.45, 2.75) is 19.8 Å². The van der Waals surface area contributed by atoms with E-state index in [2.05, 4.69) is 10.2 Å². The van der Waals surface area contributed by atoms with E-state index in [-0.39, 0.29) is 18.3 Å². The average Bonchev–Trinajstić information content (AvgIpc) is 2.75. The molecule has 1 amide bonds.